The average molecular weight is 535 g/mol. The lowest BCUT2D eigenvalue weighted by molar-refractivity contribution is 0.0944. The van der Waals surface area contributed by atoms with Gasteiger partial charge in [0.1, 0.15) is 5.75 Å². The van der Waals surface area contributed by atoms with E-state index in [1.807, 2.05) is 43.6 Å². The van der Waals surface area contributed by atoms with Crippen LogP contribution in [0.1, 0.15) is 53.2 Å². The minimum Gasteiger partial charge on any atom is -0.497 e. The molecule has 1 aliphatic heterocycles. The maximum absolute atomic E-state index is 12.7. The predicted octanol–water partition coefficient (Wildman–Crippen LogP) is 6.04. The van der Waals surface area contributed by atoms with Crippen molar-refractivity contribution in [3.8, 4) is 5.75 Å². The second-order valence-corrected chi connectivity index (χ2v) is 10.6. The average Bonchev–Trinajstić information content (AvgIpc) is 2.93. The van der Waals surface area contributed by atoms with Crippen LogP contribution in [0.25, 0.3) is 0 Å². The van der Waals surface area contributed by atoms with Crippen molar-refractivity contribution < 1.29 is 9.53 Å². The molecular formula is C31H39ClN4O2. The van der Waals surface area contributed by atoms with Gasteiger partial charge in [-0.15, -0.1) is 0 Å². The number of nitrogens with one attached hydrogen (secondary N) is 1. The molecule has 1 fully saturated rings. The number of hydrogen-bond donors (Lipinski definition) is 1. The van der Waals surface area contributed by atoms with Gasteiger partial charge in [-0.2, -0.15) is 0 Å². The number of carbonyl (C=O) groups is 1. The van der Waals surface area contributed by atoms with Crippen molar-refractivity contribution >= 4 is 23.2 Å². The summed E-state index contributed by atoms with van der Waals surface area (Å²) < 4.78 is 5.39. The van der Waals surface area contributed by atoms with Crippen molar-refractivity contribution in [2.24, 2.45) is 0 Å². The van der Waals surface area contributed by atoms with E-state index >= 15 is 0 Å². The molecule has 0 saturated carbocycles. The molecule has 38 heavy (non-hydrogen) atoms. The standard InChI is InChI=1S/C31H39ClN4O2/c1-22-12-16-33-20-25(22)21-36(26-8-10-28(38-4)11-9-26)27-14-18-35(19-15-27)24(3)13-17-34-31(37)30-23(2)6-5-7-29(30)32/h5-12,16,20,24,27H,13-15,17-19,21H2,1-4H3,(H,34,37)/t24-/m1/s1. The highest BCUT2D eigenvalue weighted by Gasteiger charge is 2.27. The number of amides is 1. The zero-order valence-electron chi connectivity index (χ0n) is 22.9. The summed E-state index contributed by atoms with van der Waals surface area (Å²) in [6.07, 6.45) is 6.91. The smallest absolute Gasteiger partial charge is 0.253 e. The Morgan fingerprint density at radius 3 is 2.53 bits per heavy atom. The van der Waals surface area contributed by atoms with E-state index in [2.05, 4.69) is 52.1 Å². The topological polar surface area (TPSA) is 57.7 Å². The molecule has 2 aromatic carbocycles. The van der Waals surface area contributed by atoms with Gasteiger partial charge in [0.05, 0.1) is 17.7 Å². The van der Waals surface area contributed by atoms with Crippen LogP contribution in [-0.4, -0.2) is 54.6 Å². The zero-order valence-corrected chi connectivity index (χ0v) is 23.7. The van der Waals surface area contributed by atoms with Crippen molar-refractivity contribution in [2.45, 2.75) is 58.7 Å². The number of pyridine rings is 1. The Balaban J connectivity index is 1.34. The molecule has 202 valence electrons. The van der Waals surface area contributed by atoms with Crippen molar-refractivity contribution in [1.29, 1.82) is 0 Å². The molecular weight excluding hydrogens is 496 g/mol. The molecule has 1 atom stereocenters. The van der Waals surface area contributed by atoms with Crippen LogP contribution in [0, 0.1) is 13.8 Å². The van der Waals surface area contributed by atoms with Gasteiger partial charge in [0.2, 0.25) is 0 Å². The summed E-state index contributed by atoms with van der Waals surface area (Å²) in [5.74, 6) is 0.770. The van der Waals surface area contributed by atoms with Crippen LogP contribution in [0.4, 0.5) is 5.69 Å². The maximum Gasteiger partial charge on any atom is 0.253 e. The summed E-state index contributed by atoms with van der Waals surface area (Å²) in [5.41, 5.74) is 5.19. The van der Waals surface area contributed by atoms with Crippen molar-refractivity contribution in [1.82, 2.24) is 15.2 Å². The second kappa shape index (κ2) is 13.1. The van der Waals surface area contributed by atoms with E-state index in [1.54, 1.807) is 13.2 Å². The Kier molecular flexibility index (Phi) is 9.64. The number of ether oxygens (including phenoxy) is 1. The Morgan fingerprint density at radius 1 is 1.13 bits per heavy atom. The molecule has 4 rings (SSSR count). The van der Waals surface area contributed by atoms with Gasteiger partial charge in [-0.05, 0) is 93.1 Å². The molecule has 1 aromatic heterocycles. The molecule has 7 heteroatoms. The minimum atomic E-state index is -0.0974. The first-order chi connectivity index (χ1) is 18.4. The van der Waals surface area contributed by atoms with Crippen LogP contribution in [0.2, 0.25) is 5.02 Å². The number of piperidine rings is 1. The monoisotopic (exact) mass is 534 g/mol. The highest BCUT2D eigenvalue weighted by molar-refractivity contribution is 6.34. The van der Waals surface area contributed by atoms with Crippen LogP contribution in [0.3, 0.4) is 0 Å². The first kappa shape index (κ1) is 27.9. The van der Waals surface area contributed by atoms with Gasteiger partial charge >= 0.3 is 0 Å². The third kappa shape index (κ3) is 6.86. The number of hydrogen-bond acceptors (Lipinski definition) is 5. The van der Waals surface area contributed by atoms with Crippen LogP contribution in [-0.2, 0) is 6.54 Å². The molecule has 3 aromatic rings. The second-order valence-electron chi connectivity index (χ2n) is 10.2. The lowest BCUT2D eigenvalue weighted by Gasteiger charge is -2.42. The first-order valence-corrected chi connectivity index (χ1v) is 13.8. The summed E-state index contributed by atoms with van der Waals surface area (Å²) in [4.78, 5) is 22.1. The zero-order chi connectivity index (χ0) is 27.1. The number of aromatic nitrogens is 1. The van der Waals surface area contributed by atoms with E-state index in [9.17, 15) is 4.79 Å². The summed E-state index contributed by atoms with van der Waals surface area (Å²) in [6.45, 7) is 9.85. The van der Waals surface area contributed by atoms with Gasteiger partial charge < -0.3 is 19.9 Å². The van der Waals surface area contributed by atoms with Gasteiger partial charge in [0.15, 0.2) is 0 Å². The molecule has 0 radical (unpaired) electrons. The minimum absolute atomic E-state index is 0.0974. The molecule has 1 aliphatic rings. The third-order valence-corrected chi connectivity index (χ3v) is 8.07. The molecule has 2 heterocycles. The fourth-order valence-electron chi connectivity index (χ4n) is 5.27. The van der Waals surface area contributed by atoms with E-state index in [1.165, 1.54) is 16.8 Å². The normalized spacial score (nSPS) is 15.2. The van der Waals surface area contributed by atoms with Crippen molar-refractivity contribution in [2.75, 3.05) is 31.6 Å². The van der Waals surface area contributed by atoms with Gasteiger partial charge in [-0.25, -0.2) is 0 Å². The Hall–Kier alpha value is -3.09. The largest absolute Gasteiger partial charge is 0.497 e. The summed E-state index contributed by atoms with van der Waals surface area (Å²) in [5, 5.41) is 3.57. The summed E-state index contributed by atoms with van der Waals surface area (Å²) in [7, 11) is 1.70. The number of nitrogens with zero attached hydrogens (tertiary/aromatic N) is 3. The number of halogens is 1. The molecule has 1 saturated heterocycles. The van der Waals surface area contributed by atoms with Gasteiger partial charge in [0.25, 0.3) is 5.91 Å². The Bertz CT molecular complexity index is 1190. The molecule has 0 spiro atoms. The quantitative estimate of drug-likeness (QED) is 0.343. The fraction of sp³-hybridized carbons (Fsp3) is 0.419. The predicted molar refractivity (Wildman–Crippen MR) is 155 cm³/mol. The summed E-state index contributed by atoms with van der Waals surface area (Å²) in [6, 6.07) is 16.8. The number of likely N-dealkylation sites (tertiary alicyclic amines) is 1. The van der Waals surface area contributed by atoms with Crippen LogP contribution >= 0.6 is 11.6 Å². The molecule has 1 amide bonds. The highest BCUT2D eigenvalue weighted by atomic mass is 35.5. The van der Waals surface area contributed by atoms with Crippen molar-refractivity contribution in [3.05, 3.63) is 88.2 Å². The fourth-order valence-corrected chi connectivity index (χ4v) is 5.58. The molecule has 0 aliphatic carbocycles. The molecule has 0 unspecified atom stereocenters. The van der Waals surface area contributed by atoms with Gasteiger partial charge in [-0.1, -0.05) is 23.7 Å². The van der Waals surface area contributed by atoms with E-state index in [-0.39, 0.29) is 5.91 Å². The Labute approximate surface area is 232 Å². The third-order valence-electron chi connectivity index (χ3n) is 7.75. The van der Waals surface area contributed by atoms with Crippen LogP contribution in [0.5, 0.6) is 5.75 Å². The lowest BCUT2D eigenvalue weighted by Crippen LogP contribution is -2.48. The van der Waals surface area contributed by atoms with Crippen LogP contribution in [0.15, 0.2) is 60.9 Å². The van der Waals surface area contributed by atoms with E-state index in [0.717, 1.165) is 50.2 Å². The number of rotatable bonds is 10. The van der Waals surface area contributed by atoms with Crippen molar-refractivity contribution in [3.63, 3.8) is 0 Å². The maximum atomic E-state index is 12.7. The number of carbonyl (C=O) groups excluding carboxylic acids is 1. The lowest BCUT2D eigenvalue weighted by atomic mass is 9.99. The SMILES string of the molecule is COc1ccc(N(Cc2cnccc2C)C2CCN([C@H](C)CCNC(=O)c3c(C)cccc3Cl)CC2)cc1. The Morgan fingerprint density at radius 2 is 1.87 bits per heavy atom. The number of anilines is 1. The molecule has 1 N–H and O–H groups in total. The number of methoxy groups -OCH3 is 1. The van der Waals surface area contributed by atoms with E-state index in [0.29, 0.717) is 29.2 Å². The number of aryl methyl sites for hydroxylation is 2. The molecule has 0 bridgehead atoms. The van der Waals surface area contributed by atoms with E-state index < -0.39 is 0 Å². The first-order valence-electron chi connectivity index (χ1n) is 13.4. The van der Waals surface area contributed by atoms with Crippen LogP contribution < -0.4 is 15.0 Å². The highest BCUT2D eigenvalue weighted by Crippen LogP contribution is 2.29. The van der Waals surface area contributed by atoms with Gasteiger partial charge in [0, 0.05) is 56.3 Å². The summed E-state index contributed by atoms with van der Waals surface area (Å²) >= 11 is 6.26. The van der Waals surface area contributed by atoms with Gasteiger partial charge in [-0.3, -0.25) is 9.78 Å². The number of benzene rings is 2. The van der Waals surface area contributed by atoms with E-state index in [4.69, 9.17) is 16.3 Å². The molecule has 6 nitrogen and oxygen atoms in total.